The van der Waals surface area contributed by atoms with Gasteiger partial charge in [-0.05, 0) is 19.0 Å². The number of aryl methyl sites for hydroxylation is 2. The molecule has 98 valence electrons. The molecule has 0 atom stereocenters. The molecule has 0 aliphatic rings. The lowest BCUT2D eigenvalue weighted by Gasteiger charge is -2.02. The fourth-order valence-corrected chi connectivity index (χ4v) is 2.56. The Morgan fingerprint density at radius 3 is 2.83 bits per heavy atom. The van der Waals surface area contributed by atoms with Gasteiger partial charge in [0.2, 0.25) is 0 Å². The van der Waals surface area contributed by atoms with Gasteiger partial charge in [0.25, 0.3) is 0 Å². The summed E-state index contributed by atoms with van der Waals surface area (Å²) in [5.74, 6) is 1.94. The van der Waals surface area contributed by atoms with Crippen molar-refractivity contribution in [2.45, 2.75) is 18.1 Å². The quantitative estimate of drug-likeness (QED) is 0.776. The Labute approximate surface area is 111 Å². The zero-order valence-corrected chi connectivity index (χ0v) is 11.7. The maximum absolute atomic E-state index is 4.19. The molecule has 0 amide bonds. The van der Waals surface area contributed by atoms with Gasteiger partial charge in [0.05, 0.1) is 12.7 Å². The Morgan fingerprint density at radius 2 is 2.17 bits per heavy atom. The molecule has 0 radical (unpaired) electrons. The highest BCUT2D eigenvalue weighted by Gasteiger charge is 2.08. The van der Waals surface area contributed by atoms with Crippen molar-refractivity contribution in [3.05, 3.63) is 23.8 Å². The minimum atomic E-state index is 0.743. The Balaban J connectivity index is 1.86. The molecular weight excluding hydrogens is 248 g/mol. The molecule has 2 heterocycles. The summed E-state index contributed by atoms with van der Waals surface area (Å²) in [7, 11) is 5.84. The predicted molar refractivity (Wildman–Crippen MR) is 71.4 cm³/mol. The van der Waals surface area contributed by atoms with Crippen LogP contribution in [-0.2, 0) is 27.1 Å². The van der Waals surface area contributed by atoms with Gasteiger partial charge in [-0.1, -0.05) is 11.8 Å². The molecule has 6 nitrogen and oxygen atoms in total. The lowest BCUT2D eigenvalue weighted by atomic mass is 10.3. The molecule has 2 rings (SSSR count). The van der Waals surface area contributed by atoms with Crippen LogP contribution in [0.5, 0.6) is 0 Å². The van der Waals surface area contributed by atoms with E-state index >= 15 is 0 Å². The molecule has 0 unspecified atom stereocenters. The number of hydrogen-bond acceptors (Lipinski definition) is 5. The molecule has 18 heavy (non-hydrogen) atoms. The SMILES string of the molecule is CNCc1nnc(SCCc2cnn(C)c2)n1C. The second-order valence-corrected chi connectivity index (χ2v) is 5.17. The molecule has 0 aliphatic carbocycles. The van der Waals surface area contributed by atoms with Crippen LogP contribution < -0.4 is 5.32 Å². The first-order valence-corrected chi connectivity index (χ1v) is 6.82. The van der Waals surface area contributed by atoms with E-state index in [1.807, 2.05) is 42.8 Å². The Kier molecular flexibility index (Phi) is 4.38. The van der Waals surface area contributed by atoms with Crippen LogP contribution >= 0.6 is 11.8 Å². The van der Waals surface area contributed by atoms with E-state index in [0.29, 0.717) is 0 Å². The first-order chi connectivity index (χ1) is 8.70. The van der Waals surface area contributed by atoms with Crippen molar-refractivity contribution in [3.8, 4) is 0 Å². The molecule has 1 N–H and O–H groups in total. The van der Waals surface area contributed by atoms with Gasteiger partial charge in [-0.25, -0.2) is 0 Å². The number of hydrogen-bond donors (Lipinski definition) is 1. The van der Waals surface area contributed by atoms with E-state index in [1.165, 1.54) is 5.56 Å². The van der Waals surface area contributed by atoms with Gasteiger partial charge < -0.3 is 9.88 Å². The van der Waals surface area contributed by atoms with E-state index in [9.17, 15) is 0 Å². The van der Waals surface area contributed by atoms with Crippen LogP contribution in [0.15, 0.2) is 17.6 Å². The summed E-state index contributed by atoms with van der Waals surface area (Å²) < 4.78 is 3.86. The molecule has 0 fully saturated rings. The minimum absolute atomic E-state index is 0.743. The molecule has 7 heteroatoms. The van der Waals surface area contributed by atoms with Gasteiger partial charge in [0.15, 0.2) is 5.16 Å². The Morgan fingerprint density at radius 1 is 1.33 bits per heavy atom. The normalized spacial score (nSPS) is 11.1. The Hall–Kier alpha value is -1.34. The highest BCUT2D eigenvalue weighted by molar-refractivity contribution is 7.99. The predicted octanol–water partition coefficient (Wildman–Crippen LogP) is 0.603. The Bertz CT molecular complexity index is 503. The maximum Gasteiger partial charge on any atom is 0.190 e. The summed E-state index contributed by atoms with van der Waals surface area (Å²) in [6.45, 7) is 0.743. The van der Waals surface area contributed by atoms with E-state index in [2.05, 4.69) is 20.6 Å². The molecule has 2 aromatic heterocycles. The number of thioether (sulfide) groups is 1. The first-order valence-electron chi connectivity index (χ1n) is 5.84. The van der Waals surface area contributed by atoms with E-state index in [4.69, 9.17) is 0 Å². The van der Waals surface area contributed by atoms with Gasteiger partial charge in [0.1, 0.15) is 5.82 Å². The fourth-order valence-electron chi connectivity index (χ4n) is 1.64. The lowest BCUT2D eigenvalue weighted by molar-refractivity contribution is 0.682. The first kappa shape index (κ1) is 13.1. The van der Waals surface area contributed by atoms with Crippen LogP contribution in [0.1, 0.15) is 11.4 Å². The highest BCUT2D eigenvalue weighted by Crippen LogP contribution is 2.17. The molecular formula is C11H18N6S. The molecule has 0 aliphatic heterocycles. The van der Waals surface area contributed by atoms with E-state index in [0.717, 1.165) is 29.7 Å². The number of nitrogens with zero attached hydrogens (tertiary/aromatic N) is 5. The van der Waals surface area contributed by atoms with Crippen molar-refractivity contribution in [1.29, 1.82) is 0 Å². The second kappa shape index (κ2) is 6.01. The van der Waals surface area contributed by atoms with E-state index in [1.54, 1.807) is 11.8 Å². The zero-order valence-electron chi connectivity index (χ0n) is 10.9. The van der Waals surface area contributed by atoms with Crippen molar-refractivity contribution in [3.63, 3.8) is 0 Å². The summed E-state index contributed by atoms with van der Waals surface area (Å²) in [5, 5.41) is 16.5. The minimum Gasteiger partial charge on any atom is -0.313 e. The average molecular weight is 266 g/mol. The second-order valence-electron chi connectivity index (χ2n) is 4.11. The van der Waals surface area contributed by atoms with Crippen molar-refractivity contribution >= 4 is 11.8 Å². The van der Waals surface area contributed by atoms with Gasteiger partial charge in [-0.15, -0.1) is 10.2 Å². The smallest absolute Gasteiger partial charge is 0.190 e. The van der Waals surface area contributed by atoms with Crippen molar-refractivity contribution < 1.29 is 0 Å². The topological polar surface area (TPSA) is 60.6 Å². The summed E-state index contributed by atoms with van der Waals surface area (Å²) in [4.78, 5) is 0. The van der Waals surface area contributed by atoms with Gasteiger partial charge in [0, 0.05) is 26.0 Å². The van der Waals surface area contributed by atoms with Gasteiger partial charge >= 0.3 is 0 Å². The standard InChI is InChI=1S/C11H18N6S/c1-12-7-10-14-15-11(17(10)3)18-5-4-9-6-13-16(2)8-9/h6,8,12H,4-5,7H2,1-3H3. The third-order valence-corrected chi connectivity index (χ3v) is 3.66. The molecule has 0 aromatic carbocycles. The van der Waals surface area contributed by atoms with Crippen LogP contribution in [0.25, 0.3) is 0 Å². The highest BCUT2D eigenvalue weighted by atomic mass is 32.2. The largest absolute Gasteiger partial charge is 0.313 e. The molecule has 0 bridgehead atoms. The summed E-state index contributed by atoms with van der Waals surface area (Å²) >= 11 is 1.72. The van der Waals surface area contributed by atoms with Gasteiger partial charge in [-0.2, -0.15) is 5.10 Å². The maximum atomic E-state index is 4.19. The third-order valence-electron chi connectivity index (χ3n) is 2.64. The number of rotatable bonds is 6. The lowest BCUT2D eigenvalue weighted by Crippen LogP contribution is -2.10. The van der Waals surface area contributed by atoms with Crippen LogP contribution in [0.2, 0.25) is 0 Å². The summed E-state index contributed by atoms with van der Waals surface area (Å²) in [6.07, 6.45) is 4.94. The van der Waals surface area contributed by atoms with E-state index < -0.39 is 0 Å². The van der Waals surface area contributed by atoms with Crippen LogP contribution in [0, 0.1) is 0 Å². The van der Waals surface area contributed by atoms with Crippen molar-refractivity contribution in [2.24, 2.45) is 14.1 Å². The fraction of sp³-hybridized carbons (Fsp3) is 0.545. The third kappa shape index (κ3) is 3.11. The van der Waals surface area contributed by atoms with Gasteiger partial charge in [-0.3, -0.25) is 4.68 Å². The summed E-state index contributed by atoms with van der Waals surface area (Å²) in [6, 6.07) is 0. The van der Waals surface area contributed by atoms with Crippen molar-refractivity contribution in [2.75, 3.05) is 12.8 Å². The summed E-state index contributed by atoms with van der Waals surface area (Å²) in [5.41, 5.74) is 1.25. The monoisotopic (exact) mass is 266 g/mol. The number of nitrogens with one attached hydrogen (secondary N) is 1. The molecule has 0 spiro atoms. The van der Waals surface area contributed by atoms with Crippen LogP contribution in [0.4, 0.5) is 0 Å². The molecule has 0 saturated heterocycles. The average Bonchev–Trinajstić information content (AvgIpc) is 2.90. The zero-order chi connectivity index (χ0) is 13.0. The molecule has 0 saturated carbocycles. The van der Waals surface area contributed by atoms with Crippen LogP contribution in [0.3, 0.4) is 0 Å². The number of aromatic nitrogens is 5. The van der Waals surface area contributed by atoms with E-state index in [-0.39, 0.29) is 0 Å². The molecule has 2 aromatic rings. The van der Waals surface area contributed by atoms with Crippen molar-refractivity contribution in [1.82, 2.24) is 29.9 Å². The van der Waals surface area contributed by atoms with Crippen LogP contribution in [-0.4, -0.2) is 37.3 Å².